The van der Waals surface area contributed by atoms with E-state index in [-0.39, 0.29) is 11.5 Å². The fourth-order valence-electron chi connectivity index (χ4n) is 2.30. The van der Waals surface area contributed by atoms with Crippen molar-refractivity contribution in [1.82, 2.24) is 0 Å². The summed E-state index contributed by atoms with van der Waals surface area (Å²) in [5.41, 5.74) is 3.93. The van der Waals surface area contributed by atoms with Crippen LogP contribution in [0, 0.1) is 0 Å². The summed E-state index contributed by atoms with van der Waals surface area (Å²) >= 11 is 1.88. The molecule has 0 saturated heterocycles. The Labute approximate surface area is 109 Å². The molecule has 2 rings (SSSR count). The monoisotopic (exact) mass is 250 g/mol. The maximum absolute atomic E-state index is 10.4. The fraction of sp³-hybridized carbons (Fsp3) is 0.600. The Bertz CT molecular complexity index is 406. The highest BCUT2D eigenvalue weighted by Crippen LogP contribution is 2.40. The van der Waals surface area contributed by atoms with Crippen LogP contribution in [0.1, 0.15) is 56.9 Å². The van der Waals surface area contributed by atoms with Gasteiger partial charge in [0.2, 0.25) is 0 Å². The van der Waals surface area contributed by atoms with Gasteiger partial charge in [0.15, 0.2) is 0 Å². The van der Waals surface area contributed by atoms with Gasteiger partial charge < -0.3 is 5.11 Å². The van der Waals surface area contributed by atoms with Crippen LogP contribution in [-0.2, 0) is 11.2 Å². The van der Waals surface area contributed by atoms with Crippen molar-refractivity contribution in [2.45, 2.75) is 56.6 Å². The Morgan fingerprint density at radius 1 is 1.35 bits per heavy atom. The lowest BCUT2D eigenvalue weighted by Gasteiger charge is -2.31. The highest BCUT2D eigenvalue weighted by molar-refractivity contribution is 7.99. The standard InChI is InChI=1S/C15H22OS/c1-5-13-14(16)12-8-11(15(2,3)4)7-6-10(12)9-17-13/h6-8,13-14,16H,5,9H2,1-4H3. The molecule has 1 aliphatic rings. The van der Waals surface area contributed by atoms with Crippen molar-refractivity contribution in [2.24, 2.45) is 0 Å². The summed E-state index contributed by atoms with van der Waals surface area (Å²) in [5.74, 6) is 1.04. The second kappa shape index (κ2) is 4.66. The van der Waals surface area contributed by atoms with E-state index in [0.717, 1.165) is 17.7 Å². The normalized spacial score (nSPS) is 24.5. The molecule has 2 unspecified atom stereocenters. The highest BCUT2D eigenvalue weighted by Gasteiger charge is 2.28. The SMILES string of the molecule is CCC1SCc2ccc(C(C)(C)C)cc2C1O. The van der Waals surface area contributed by atoms with Gasteiger partial charge in [-0.3, -0.25) is 0 Å². The van der Waals surface area contributed by atoms with Crippen LogP contribution in [0.3, 0.4) is 0 Å². The second-order valence-corrected chi connectivity index (χ2v) is 7.09. The van der Waals surface area contributed by atoms with Crippen LogP contribution in [0.25, 0.3) is 0 Å². The first kappa shape index (κ1) is 13.0. The lowest BCUT2D eigenvalue weighted by molar-refractivity contribution is 0.170. The molecule has 1 heterocycles. The zero-order valence-electron chi connectivity index (χ0n) is 11.2. The molecular formula is C15H22OS. The Morgan fingerprint density at radius 3 is 2.65 bits per heavy atom. The van der Waals surface area contributed by atoms with E-state index in [4.69, 9.17) is 0 Å². The molecule has 0 radical (unpaired) electrons. The molecule has 2 heteroatoms. The Balaban J connectivity index is 2.40. The number of rotatable bonds is 1. The van der Waals surface area contributed by atoms with Crippen molar-refractivity contribution in [1.29, 1.82) is 0 Å². The molecule has 0 saturated carbocycles. The van der Waals surface area contributed by atoms with Crippen molar-refractivity contribution < 1.29 is 5.11 Å². The summed E-state index contributed by atoms with van der Waals surface area (Å²) in [4.78, 5) is 0. The number of hydrogen-bond acceptors (Lipinski definition) is 2. The van der Waals surface area contributed by atoms with Crippen LogP contribution in [0.4, 0.5) is 0 Å². The van der Waals surface area contributed by atoms with Gasteiger partial charge in [0, 0.05) is 11.0 Å². The van der Waals surface area contributed by atoms with Crippen molar-refractivity contribution >= 4 is 11.8 Å². The van der Waals surface area contributed by atoms with Gasteiger partial charge in [-0.1, -0.05) is 45.9 Å². The van der Waals surface area contributed by atoms with Crippen LogP contribution in [0.15, 0.2) is 18.2 Å². The molecule has 1 nitrogen and oxygen atoms in total. The lowest BCUT2D eigenvalue weighted by atomic mass is 9.84. The van der Waals surface area contributed by atoms with Crippen molar-refractivity contribution in [2.75, 3.05) is 0 Å². The number of hydrogen-bond donors (Lipinski definition) is 1. The number of thioether (sulfide) groups is 1. The lowest BCUT2D eigenvalue weighted by Crippen LogP contribution is -2.22. The molecule has 1 aliphatic heterocycles. The Kier molecular flexibility index (Phi) is 3.55. The zero-order chi connectivity index (χ0) is 12.6. The molecule has 1 aromatic rings. The van der Waals surface area contributed by atoms with E-state index >= 15 is 0 Å². The quantitative estimate of drug-likeness (QED) is 0.811. The number of aliphatic hydroxyl groups excluding tert-OH is 1. The number of benzene rings is 1. The molecule has 0 spiro atoms. The first-order chi connectivity index (χ1) is 7.93. The topological polar surface area (TPSA) is 20.2 Å². The second-order valence-electron chi connectivity index (χ2n) is 5.87. The van der Waals surface area contributed by atoms with Gasteiger partial charge in [-0.15, -0.1) is 0 Å². The molecule has 0 amide bonds. The third-order valence-electron chi connectivity index (χ3n) is 3.54. The van der Waals surface area contributed by atoms with E-state index in [1.54, 1.807) is 0 Å². The molecule has 0 bridgehead atoms. The first-order valence-electron chi connectivity index (χ1n) is 6.36. The van der Waals surface area contributed by atoms with Gasteiger partial charge in [0.05, 0.1) is 6.10 Å². The average molecular weight is 250 g/mol. The van der Waals surface area contributed by atoms with Gasteiger partial charge >= 0.3 is 0 Å². The molecule has 17 heavy (non-hydrogen) atoms. The molecule has 2 atom stereocenters. The molecular weight excluding hydrogens is 228 g/mol. The van der Waals surface area contributed by atoms with Gasteiger partial charge in [-0.05, 0) is 28.5 Å². The predicted octanol–water partition coefficient (Wildman–Crippen LogP) is 4.04. The molecule has 0 fully saturated rings. The average Bonchev–Trinajstić information content (AvgIpc) is 2.28. The predicted molar refractivity (Wildman–Crippen MR) is 75.5 cm³/mol. The summed E-state index contributed by atoms with van der Waals surface area (Å²) in [5, 5.41) is 10.7. The smallest absolute Gasteiger partial charge is 0.0911 e. The van der Waals surface area contributed by atoms with E-state index in [1.807, 2.05) is 11.8 Å². The van der Waals surface area contributed by atoms with E-state index in [1.165, 1.54) is 11.1 Å². The van der Waals surface area contributed by atoms with E-state index in [2.05, 4.69) is 45.9 Å². The van der Waals surface area contributed by atoms with Crippen molar-refractivity contribution in [3.8, 4) is 0 Å². The summed E-state index contributed by atoms with van der Waals surface area (Å²) in [7, 11) is 0. The maximum atomic E-state index is 10.4. The van der Waals surface area contributed by atoms with E-state index < -0.39 is 0 Å². The maximum Gasteiger partial charge on any atom is 0.0911 e. The van der Waals surface area contributed by atoms with Crippen LogP contribution in [-0.4, -0.2) is 10.4 Å². The largest absolute Gasteiger partial charge is 0.387 e. The molecule has 94 valence electrons. The van der Waals surface area contributed by atoms with Gasteiger partial charge in [0.25, 0.3) is 0 Å². The summed E-state index contributed by atoms with van der Waals surface area (Å²) in [6.45, 7) is 8.81. The van der Waals surface area contributed by atoms with Crippen molar-refractivity contribution in [3.63, 3.8) is 0 Å². The van der Waals surface area contributed by atoms with E-state index in [9.17, 15) is 5.11 Å². The number of fused-ring (bicyclic) bond motifs is 1. The van der Waals surface area contributed by atoms with Crippen LogP contribution >= 0.6 is 11.8 Å². The third kappa shape index (κ3) is 2.53. The van der Waals surface area contributed by atoms with Crippen molar-refractivity contribution in [3.05, 3.63) is 34.9 Å². The minimum atomic E-state index is -0.295. The minimum Gasteiger partial charge on any atom is -0.387 e. The summed E-state index contributed by atoms with van der Waals surface area (Å²) < 4.78 is 0. The van der Waals surface area contributed by atoms with Crippen LogP contribution in [0.2, 0.25) is 0 Å². The Morgan fingerprint density at radius 2 is 2.06 bits per heavy atom. The molecule has 0 aromatic heterocycles. The fourth-order valence-corrected chi connectivity index (χ4v) is 3.52. The van der Waals surface area contributed by atoms with Crippen LogP contribution < -0.4 is 0 Å². The molecule has 1 aromatic carbocycles. The molecule has 1 N–H and O–H groups in total. The Hall–Kier alpha value is -0.470. The van der Waals surface area contributed by atoms with Gasteiger partial charge in [-0.2, -0.15) is 11.8 Å². The van der Waals surface area contributed by atoms with Gasteiger partial charge in [0.1, 0.15) is 0 Å². The zero-order valence-corrected chi connectivity index (χ0v) is 12.0. The third-order valence-corrected chi connectivity index (χ3v) is 5.03. The number of aliphatic hydroxyl groups is 1. The van der Waals surface area contributed by atoms with Gasteiger partial charge in [-0.25, -0.2) is 0 Å². The van der Waals surface area contributed by atoms with Crippen LogP contribution in [0.5, 0.6) is 0 Å². The summed E-state index contributed by atoms with van der Waals surface area (Å²) in [6, 6.07) is 6.61. The highest BCUT2D eigenvalue weighted by atomic mass is 32.2. The minimum absolute atomic E-state index is 0.154. The summed E-state index contributed by atoms with van der Waals surface area (Å²) in [6.07, 6.45) is 0.737. The van der Waals surface area contributed by atoms with E-state index in [0.29, 0.717) is 5.25 Å². The first-order valence-corrected chi connectivity index (χ1v) is 7.41. The molecule has 0 aliphatic carbocycles.